The van der Waals surface area contributed by atoms with Gasteiger partial charge in [0, 0.05) is 18.4 Å². The Morgan fingerprint density at radius 3 is 2.89 bits per heavy atom. The van der Waals surface area contributed by atoms with Crippen LogP contribution in [0.1, 0.15) is 34.3 Å². The van der Waals surface area contributed by atoms with Crippen molar-refractivity contribution in [1.82, 2.24) is 14.0 Å². The van der Waals surface area contributed by atoms with Gasteiger partial charge in [0.25, 0.3) is 11.5 Å². The van der Waals surface area contributed by atoms with Crippen LogP contribution in [0.15, 0.2) is 52.4 Å². The highest BCUT2D eigenvalue weighted by Gasteiger charge is 2.22. The van der Waals surface area contributed by atoms with Crippen molar-refractivity contribution in [3.63, 3.8) is 0 Å². The summed E-state index contributed by atoms with van der Waals surface area (Å²) in [6.07, 6.45) is 3.21. The molecular formula is C26H21N5O5. The first-order valence-corrected chi connectivity index (χ1v) is 11.6. The molecule has 0 N–H and O–H groups in total. The van der Waals surface area contributed by atoms with Gasteiger partial charge < -0.3 is 18.8 Å². The molecule has 10 heteroatoms. The van der Waals surface area contributed by atoms with E-state index in [4.69, 9.17) is 19.2 Å². The number of pyridine rings is 2. The van der Waals surface area contributed by atoms with E-state index in [1.165, 1.54) is 10.5 Å². The summed E-state index contributed by atoms with van der Waals surface area (Å²) in [5, 5.41) is 10.3. The molecule has 10 nitrogen and oxygen atoms in total. The molecule has 1 amide bonds. The van der Waals surface area contributed by atoms with Crippen LogP contribution in [0.3, 0.4) is 0 Å². The number of fused-ring (bicyclic) bond motifs is 3. The van der Waals surface area contributed by atoms with Crippen LogP contribution in [0.5, 0.6) is 11.5 Å². The van der Waals surface area contributed by atoms with Gasteiger partial charge in [0.15, 0.2) is 17.0 Å². The maximum absolute atomic E-state index is 13.4. The molecule has 1 aromatic carbocycles. The van der Waals surface area contributed by atoms with Crippen LogP contribution in [-0.2, 0) is 11.3 Å². The van der Waals surface area contributed by atoms with Gasteiger partial charge in [-0.15, -0.1) is 0 Å². The van der Waals surface area contributed by atoms with E-state index in [2.05, 4.69) is 11.1 Å². The van der Waals surface area contributed by atoms with Crippen molar-refractivity contribution < 1.29 is 19.0 Å². The maximum Gasteiger partial charge on any atom is 0.279 e. The SMILES string of the molecule is Cc1cccn2c(=O)c3cc(C#N)c(=NC(=O)c4ccc5c(c4)OCO5)n(C[C@@H]4CCCO4)c3nc12. The van der Waals surface area contributed by atoms with Crippen molar-refractivity contribution in [1.29, 1.82) is 5.26 Å². The molecule has 180 valence electrons. The van der Waals surface area contributed by atoms with Crippen molar-refractivity contribution in [2.75, 3.05) is 13.4 Å². The zero-order chi connectivity index (χ0) is 24.8. The molecule has 6 rings (SSSR count). The lowest BCUT2D eigenvalue weighted by Crippen LogP contribution is -2.33. The molecule has 1 atom stereocenters. The molecule has 1 fully saturated rings. The van der Waals surface area contributed by atoms with Gasteiger partial charge in [-0.25, -0.2) is 4.98 Å². The van der Waals surface area contributed by atoms with Gasteiger partial charge in [-0.05, 0) is 55.7 Å². The Balaban J connectivity index is 1.63. The normalized spacial score (nSPS) is 17.1. The Kier molecular flexibility index (Phi) is 5.27. The molecule has 2 aliphatic heterocycles. The fraction of sp³-hybridized carbons (Fsp3) is 0.269. The minimum atomic E-state index is -0.557. The van der Waals surface area contributed by atoms with Crippen molar-refractivity contribution in [2.24, 2.45) is 4.99 Å². The molecule has 0 spiro atoms. The second-order valence-corrected chi connectivity index (χ2v) is 8.76. The zero-order valence-electron chi connectivity index (χ0n) is 19.4. The Morgan fingerprint density at radius 1 is 1.22 bits per heavy atom. The van der Waals surface area contributed by atoms with Crippen LogP contribution < -0.4 is 20.5 Å². The van der Waals surface area contributed by atoms with Crippen LogP contribution in [0.2, 0.25) is 0 Å². The fourth-order valence-corrected chi connectivity index (χ4v) is 4.65. The molecule has 4 aromatic rings. The Bertz CT molecular complexity index is 1720. The minimum Gasteiger partial charge on any atom is -0.454 e. The van der Waals surface area contributed by atoms with Gasteiger partial charge in [-0.1, -0.05) is 6.07 Å². The van der Waals surface area contributed by atoms with E-state index in [1.807, 2.05) is 13.0 Å². The number of amides is 1. The summed E-state index contributed by atoms with van der Waals surface area (Å²) in [6, 6.07) is 12.0. The van der Waals surface area contributed by atoms with E-state index in [0.29, 0.717) is 35.9 Å². The number of benzene rings is 1. The largest absolute Gasteiger partial charge is 0.454 e. The van der Waals surface area contributed by atoms with Gasteiger partial charge in [0.2, 0.25) is 6.79 Å². The van der Waals surface area contributed by atoms with Crippen LogP contribution in [0, 0.1) is 18.3 Å². The summed E-state index contributed by atoms with van der Waals surface area (Å²) in [7, 11) is 0. The average molecular weight is 483 g/mol. The van der Waals surface area contributed by atoms with Crippen molar-refractivity contribution in [2.45, 2.75) is 32.4 Å². The lowest BCUT2D eigenvalue weighted by atomic mass is 10.1. The van der Waals surface area contributed by atoms with Gasteiger partial charge >= 0.3 is 0 Å². The van der Waals surface area contributed by atoms with Gasteiger partial charge in [-0.2, -0.15) is 10.3 Å². The van der Waals surface area contributed by atoms with E-state index in [-0.39, 0.29) is 40.5 Å². The molecular weight excluding hydrogens is 462 g/mol. The van der Waals surface area contributed by atoms with Gasteiger partial charge in [0.05, 0.1) is 23.6 Å². The summed E-state index contributed by atoms with van der Waals surface area (Å²) >= 11 is 0. The molecule has 0 unspecified atom stereocenters. The number of carbonyl (C=O) groups is 1. The van der Waals surface area contributed by atoms with E-state index < -0.39 is 5.91 Å². The van der Waals surface area contributed by atoms with E-state index >= 15 is 0 Å². The molecule has 1 saturated heterocycles. The van der Waals surface area contributed by atoms with E-state index in [1.54, 1.807) is 35.0 Å². The lowest BCUT2D eigenvalue weighted by Gasteiger charge is -2.17. The number of nitriles is 1. The van der Waals surface area contributed by atoms with Crippen molar-refractivity contribution in [3.8, 4) is 17.6 Å². The van der Waals surface area contributed by atoms with Crippen LogP contribution in [0.25, 0.3) is 16.7 Å². The number of aromatic nitrogens is 3. The number of hydrogen-bond donors (Lipinski definition) is 0. The molecule has 0 radical (unpaired) electrons. The number of ether oxygens (including phenoxy) is 3. The number of rotatable bonds is 3. The lowest BCUT2D eigenvalue weighted by molar-refractivity contribution is 0.0952. The summed E-state index contributed by atoms with van der Waals surface area (Å²) in [5.41, 5.74) is 1.88. The van der Waals surface area contributed by atoms with Crippen molar-refractivity contribution in [3.05, 3.63) is 75.1 Å². The Morgan fingerprint density at radius 2 is 2.08 bits per heavy atom. The van der Waals surface area contributed by atoms with Crippen LogP contribution in [0.4, 0.5) is 0 Å². The third kappa shape index (κ3) is 3.61. The highest BCUT2D eigenvalue weighted by molar-refractivity contribution is 5.95. The summed E-state index contributed by atoms with van der Waals surface area (Å²) in [6.45, 7) is 2.88. The number of hydrogen-bond acceptors (Lipinski definition) is 7. The summed E-state index contributed by atoms with van der Waals surface area (Å²) < 4.78 is 19.7. The number of aryl methyl sites for hydroxylation is 1. The van der Waals surface area contributed by atoms with E-state index in [9.17, 15) is 14.9 Å². The summed E-state index contributed by atoms with van der Waals surface area (Å²) in [4.78, 5) is 35.8. The fourth-order valence-electron chi connectivity index (χ4n) is 4.65. The Labute approximate surface area is 204 Å². The predicted octanol–water partition coefficient (Wildman–Crippen LogP) is 2.48. The van der Waals surface area contributed by atoms with Crippen molar-refractivity contribution >= 4 is 22.6 Å². The van der Waals surface area contributed by atoms with Crippen LogP contribution in [-0.4, -0.2) is 39.4 Å². The minimum absolute atomic E-state index is 0.0867. The van der Waals surface area contributed by atoms with Gasteiger partial charge in [0.1, 0.15) is 17.4 Å². The highest BCUT2D eigenvalue weighted by atomic mass is 16.7. The summed E-state index contributed by atoms with van der Waals surface area (Å²) in [5.74, 6) is 0.452. The van der Waals surface area contributed by atoms with Crippen LogP contribution >= 0.6 is 0 Å². The first-order valence-electron chi connectivity index (χ1n) is 11.6. The molecule has 2 aliphatic rings. The molecule has 0 bridgehead atoms. The quantitative estimate of drug-likeness (QED) is 0.411. The first-order chi connectivity index (χ1) is 17.5. The molecule has 5 heterocycles. The standard InChI is InChI=1S/C26H21N5O5/c1-15-4-2-8-30-22(15)28-24-19(26(30)33)10-17(12-27)23(31(24)13-18-5-3-9-34-18)29-25(32)16-6-7-20-21(11-16)36-14-35-20/h2,4,6-8,10-11,18H,3,5,9,13-14H2,1H3/t18-/m0/s1. The molecule has 0 aliphatic carbocycles. The molecule has 36 heavy (non-hydrogen) atoms. The third-order valence-electron chi connectivity index (χ3n) is 6.46. The monoisotopic (exact) mass is 483 g/mol. The zero-order valence-corrected chi connectivity index (χ0v) is 19.4. The molecule has 0 saturated carbocycles. The second-order valence-electron chi connectivity index (χ2n) is 8.76. The number of carbonyl (C=O) groups excluding carboxylic acids is 1. The predicted molar refractivity (Wildman–Crippen MR) is 128 cm³/mol. The van der Waals surface area contributed by atoms with E-state index in [0.717, 1.165) is 18.4 Å². The number of nitrogens with zero attached hydrogens (tertiary/aromatic N) is 5. The topological polar surface area (TPSA) is 120 Å². The molecule has 3 aromatic heterocycles. The third-order valence-corrected chi connectivity index (χ3v) is 6.46. The highest BCUT2D eigenvalue weighted by Crippen LogP contribution is 2.32. The second kappa shape index (κ2) is 8.62. The Hall–Kier alpha value is -4.49. The maximum atomic E-state index is 13.4. The smallest absolute Gasteiger partial charge is 0.279 e. The first kappa shape index (κ1) is 22.0. The average Bonchev–Trinajstić information content (AvgIpc) is 3.57. The van der Waals surface area contributed by atoms with Gasteiger partial charge in [-0.3, -0.25) is 14.0 Å².